The Morgan fingerprint density at radius 1 is 1.77 bits per heavy atom. The molecule has 0 saturated heterocycles. The number of rotatable bonds is 4. The monoisotopic (exact) mass is 182 g/mol. The molecule has 1 amide bonds. The Morgan fingerprint density at radius 2 is 2.54 bits per heavy atom. The van der Waals surface area contributed by atoms with Gasteiger partial charge in [0, 0.05) is 12.7 Å². The number of carbonyl (C=O) groups excluding carboxylic acids is 1. The summed E-state index contributed by atoms with van der Waals surface area (Å²) in [5.41, 5.74) is 0.547. The molecule has 0 bridgehead atoms. The Morgan fingerprint density at radius 3 is 3.08 bits per heavy atom. The number of nitrogens with one attached hydrogen (secondary N) is 2. The summed E-state index contributed by atoms with van der Waals surface area (Å²) >= 11 is 0. The molecule has 1 aromatic rings. The van der Waals surface area contributed by atoms with Gasteiger partial charge in [0.15, 0.2) is 0 Å². The molecule has 0 spiro atoms. The largest absolute Gasteiger partial charge is 0.393 e. The highest BCUT2D eigenvalue weighted by Gasteiger charge is 2.04. The van der Waals surface area contributed by atoms with Crippen LogP contribution in [0.2, 0.25) is 0 Å². The van der Waals surface area contributed by atoms with Gasteiger partial charge in [-0.1, -0.05) is 0 Å². The Balaban J connectivity index is 2.27. The summed E-state index contributed by atoms with van der Waals surface area (Å²) in [4.78, 5) is 14.1. The molecule has 4 nitrogen and oxygen atoms in total. The molecule has 0 saturated carbocycles. The number of aliphatic hydroxyl groups is 1. The van der Waals surface area contributed by atoms with Crippen LogP contribution in [0.25, 0.3) is 0 Å². The van der Waals surface area contributed by atoms with Crippen LogP contribution >= 0.6 is 0 Å². The van der Waals surface area contributed by atoms with Crippen molar-refractivity contribution in [2.24, 2.45) is 0 Å². The van der Waals surface area contributed by atoms with Crippen LogP contribution in [0.4, 0.5) is 0 Å². The fourth-order valence-electron chi connectivity index (χ4n) is 0.961. The van der Waals surface area contributed by atoms with Crippen LogP contribution in [0.15, 0.2) is 18.3 Å². The second-order valence-corrected chi connectivity index (χ2v) is 2.98. The molecule has 0 aliphatic heterocycles. The minimum absolute atomic E-state index is 0.134. The second-order valence-electron chi connectivity index (χ2n) is 2.98. The van der Waals surface area contributed by atoms with Crippen molar-refractivity contribution in [3.05, 3.63) is 24.0 Å². The SMILES string of the molecule is CC(O)CCNC(=O)c1ccc[nH]1. The summed E-state index contributed by atoms with van der Waals surface area (Å²) in [5, 5.41) is 11.6. The van der Waals surface area contributed by atoms with E-state index in [1.54, 1.807) is 25.3 Å². The lowest BCUT2D eigenvalue weighted by atomic mass is 10.3. The molecule has 3 N–H and O–H groups in total. The van der Waals surface area contributed by atoms with E-state index in [1.165, 1.54) is 0 Å². The van der Waals surface area contributed by atoms with Gasteiger partial charge in [0.25, 0.3) is 5.91 Å². The van der Waals surface area contributed by atoms with Crippen molar-refractivity contribution in [1.82, 2.24) is 10.3 Å². The van der Waals surface area contributed by atoms with Crippen LogP contribution in [0.5, 0.6) is 0 Å². The number of carbonyl (C=O) groups is 1. The van der Waals surface area contributed by atoms with Crippen LogP contribution in [-0.2, 0) is 0 Å². The quantitative estimate of drug-likeness (QED) is 0.635. The van der Waals surface area contributed by atoms with Gasteiger partial charge in [-0.25, -0.2) is 0 Å². The van der Waals surface area contributed by atoms with Crippen molar-refractivity contribution < 1.29 is 9.90 Å². The fourth-order valence-corrected chi connectivity index (χ4v) is 0.961. The summed E-state index contributed by atoms with van der Waals surface area (Å²) < 4.78 is 0. The van der Waals surface area contributed by atoms with E-state index in [0.717, 1.165) is 0 Å². The van der Waals surface area contributed by atoms with E-state index in [0.29, 0.717) is 18.7 Å². The van der Waals surface area contributed by atoms with Crippen molar-refractivity contribution >= 4 is 5.91 Å². The summed E-state index contributed by atoms with van der Waals surface area (Å²) in [7, 11) is 0. The number of H-pyrrole nitrogens is 1. The van der Waals surface area contributed by atoms with Gasteiger partial charge in [-0.05, 0) is 25.5 Å². The minimum atomic E-state index is -0.371. The lowest BCUT2D eigenvalue weighted by Crippen LogP contribution is -2.26. The van der Waals surface area contributed by atoms with Crippen molar-refractivity contribution in [3.8, 4) is 0 Å². The molecule has 0 radical (unpaired) electrons. The number of aliphatic hydroxyl groups excluding tert-OH is 1. The van der Waals surface area contributed by atoms with E-state index in [-0.39, 0.29) is 12.0 Å². The third-order valence-corrected chi connectivity index (χ3v) is 1.69. The maximum Gasteiger partial charge on any atom is 0.267 e. The zero-order valence-electron chi connectivity index (χ0n) is 7.58. The average molecular weight is 182 g/mol. The highest BCUT2D eigenvalue weighted by molar-refractivity contribution is 5.92. The van der Waals surface area contributed by atoms with Crippen LogP contribution in [0, 0.1) is 0 Å². The average Bonchev–Trinajstić information content (AvgIpc) is 2.55. The third-order valence-electron chi connectivity index (χ3n) is 1.69. The van der Waals surface area contributed by atoms with E-state index in [1.807, 2.05) is 0 Å². The minimum Gasteiger partial charge on any atom is -0.393 e. The second kappa shape index (κ2) is 4.67. The summed E-state index contributed by atoms with van der Waals surface area (Å²) in [6.07, 6.45) is 1.90. The van der Waals surface area contributed by atoms with Crippen LogP contribution in [0.1, 0.15) is 23.8 Å². The Labute approximate surface area is 77.0 Å². The van der Waals surface area contributed by atoms with Gasteiger partial charge in [0.1, 0.15) is 5.69 Å². The first-order valence-corrected chi connectivity index (χ1v) is 4.30. The fraction of sp³-hybridized carbons (Fsp3) is 0.444. The first-order valence-electron chi connectivity index (χ1n) is 4.30. The molecule has 13 heavy (non-hydrogen) atoms. The summed E-state index contributed by atoms with van der Waals surface area (Å²) in [6, 6.07) is 3.47. The predicted molar refractivity (Wildman–Crippen MR) is 49.4 cm³/mol. The zero-order valence-corrected chi connectivity index (χ0v) is 7.58. The molecular formula is C9H14N2O2. The first-order chi connectivity index (χ1) is 6.20. The molecule has 1 heterocycles. The highest BCUT2D eigenvalue weighted by Crippen LogP contribution is 1.94. The molecule has 72 valence electrons. The molecule has 1 unspecified atom stereocenters. The van der Waals surface area contributed by atoms with Crippen molar-refractivity contribution in [1.29, 1.82) is 0 Å². The first kappa shape index (κ1) is 9.80. The number of aromatic amines is 1. The lowest BCUT2D eigenvalue weighted by molar-refractivity contribution is 0.0941. The Bertz CT molecular complexity index is 255. The topological polar surface area (TPSA) is 65.1 Å². The van der Waals surface area contributed by atoms with Gasteiger partial charge in [-0.3, -0.25) is 4.79 Å². The van der Waals surface area contributed by atoms with E-state index in [2.05, 4.69) is 10.3 Å². The van der Waals surface area contributed by atoms with Gasteiger partial charge in [-0.2, -0.15) is 0 Å². The highest BCUT2D eigenvalue weighted by atomic mass is 16.3. The van der Waals surface area contributed by atoms with Gasteiger partial charge < -0.3 is 15.4 Å². The number of aromatic nitrogens is 1. The predicted octanol–water partition coefficient (Wildman–Crippen LogP) is 0.515. The van der Waals surface area contributed by atoms with Gasteiger partial charge in [0.2, 0.25) is 0 Å². The van der Waals surface area contributed by atoms with Crippen molar-refractivity contribution in [2.75, 3.05) is 6.54 Å². The molecule has 0 fully saturated rings. The van der Waals surface area contributed by atoms with Crippen LogP contribution in [-0.4, -0.2) is 28.6 Å². The molecule has 1 rings (SSSR count). The van der Waals surface area contributed by atoms with Gasteiger partial charge >= 0.3 is 0 Å². The molecular weight excluding hydrogens is 168 g/mol. The summed E-state index contributed by atoms with van der Waals surface area (Å²) in [5.74, 6) is -0.134. The van der Waals surface area contributed by atoms with Gasteiger partial charge in [-0.15, -0.1) is 0 Å². The van der Waals surface area contributed by atoms with Crippen molar-refractivity contribution in [2.45, 2.75) is 19.4 Å². The van der Waals surface area contributed by atoms with E-state index >= 15 is 0 Å². The Hall–Kier alpha value is -1.29. The number of hydrogen-bond acceptors (Lipinski definition) is 2. The normalized spacial score (nSPS) is 12.5. The van der Waals surface area contributed by atoms with Gasteiger partial charge in [0.05, 0.1) is 6.10 Å². The smallest absolute Gasteiger partial charge is 0.267 e. The molecule has 0 aliphatic rings. The molecule has 1 aromatic heterocycles. The molecule has 1 atom stereocenters. The zero-order chi connectivity index (χ0) is 9.68. The number of hydrogen-bond donors (Lipinski definition) is 3. The lowest BCUT2D eigenvalue weighted by Gasteiger charge is -2.05. The van der Waals surface area contributed by atoms with E-state index in [4.69, 9.17) is 5.11 Å². The van der Waals surface area contributed by atoms with E-state index < -0.39 is 0 Å². The van der Waals surface area contributed by atoms with Crippen LogP contribution in [0.3, 0.4) is 0 Å². The van der Waals surface area contributed by atoms with E-state index in [9.17, 15) is 4.79 Å². The van der Waals surface area contributed by atoms with Crippen LogP contribution < -0.4 is 5.32 Å². The summed E-state index contributed by atoms with van der Waals surface area (Å²) in [6.45, 7) is 2.19. The molecule has 4 heteroatoms. The number of amides is 1. The Kier molecular flexibility index (Phi) is 3.52. The van der Waals surface area contributed by atoms with Crippen molar-refractivity contribution in [3.63, 3.8) is 0 Å². The molecule has 0 aromatic carbocycles. The maximum atomic E-state index is 11.3. The standard InChI is InChI=1S/C9H14N2O2/c1-7(12)4-6-11-9(13)8-3-2-5-10-8/h2-3,5,7,10,12H,4,6H2,1H3,(H,11,13). The molecule has 0 aliphatic carbocycles. The maximum absolute atomic E-state index is 11.3. The third kappa shape index (κ3) is 3.29.